The molecule has 1 unspecified atom stereocenters. The molecule has 14 heteroatoms. The van der Waals surface area contributed by atoms with E-state index in [1.54, 1.807) is 41.0 Å². The van der Waals surface area contributed by atoms with Gasteiger partial charge in [-0.1, -0.05) is 35.9 Å². The summed E-state index contributed by atoms with van der Waals surface area (Å²) in [5, 5.41) is 2.68. The maximum absolute atomic E-state index is 15.9. The number of pyridine rings is 2. The molecule has 2 fully saturated rings. The molecule has 0 bridgehead atoms. The number of nitrogens with zero attached hydrogens (tertiary/aromatic N) is 4. The van der Waals surface area contributed by atoms with Gasteiger partial charge in [-0.2, -0.15) is 0 Å². The summed E-state index contributed by atoms with van der Waals surface area (Å²) >= 11 is 0. The first-order valence-electron chi connectivity index (χ1n) is 18.9. The summed E-state index contributed by atoms with van der Waals surface area (Å²) in [6, 6.07) is 18.7. The van der Waals surface area contributed by atoms with E-state index in [1.807, 2.05) is 37.3 Å². The van der Waals surface area contributed by atoms with Crippen LogP contribution in [0.3, 0.4) is 0 Å². The molecule has 8 rings (SSSR count). The second kappa shape index (κ2) is 16.2. The molecule has 57 heavy (non-hydrogen) atoms. The normalized spacial score (nSPS) is 16.8. The number of rotatable bonds is 10. The Labute approximate surface area is 328 Å². The highest BCUT2D eigenvalue weighted by Crippen LogP contribution is 2.37. The fraction of sp³-hybridized carbons (Fsp3) is 0.302. The van der Waals surface area contributed by atoms with Crippen molar-refractivity contribution in [3.05, 3.63) is 112 Å². The number of nitrogens with one attached hydrogen (secondary N) is 1. The Morgan fingerprint density at radius 3 is 2.51 bits per heavy atom. The first-order valence-corrected chi connectivity index (χ1v) is 18.9. The van der Waals surface area contributed by atoms with Crippen LogP contribution < -0.4 is 26.0 Å². The average Bonchev–Trinajstić information content (AvgIpc) is 3.22. The van der Waals surface area contributed by atoms with Gasteiger partial charge in [0.25, 0.3) is 11.8 Å². The molecule has 2 amide bonds. The van der Waals surface area contributed by atoms with Crippen molar-refractivity contribution in [2.75, 3.05) is 70.8 Å². The standard InChI is InChI=1S/C43H43FN6O7/c1-26-4-6-27(7-5-26)38-39-43(53)50-12-3-16-57-37(50)25-49(39)24-33(40(38)51)42(52)47-30-9-10-31(34(44)22-30)32-20-29(23-46-41(32)45)28-8-11-35(36(21-28)54-2)56-19-15-48-13-17-55-18-14-48/h4-11,20-24,37H,3,12-19,25H2,1-2H3,(H2,45,46)(H,47,52). The van der Waals surface area contributed by atoms with Gasteiger partial charge in [0.05, 0.1) is 39.0 Å². The lowest BCUT2D eigenvalue weighted by Gasteiger charge is -2.41. The summed E-state index contributed by atoms with van der Waals surface area (Å²) in [6.07, 6.45) is 3.16. The van der Waals surface area contributed by atoms with Crippen LogP contribution in [-0.2, 0) is 16.0 Å². The topological polar surface area (TPSA) is 150 Å². The summed E-state index contributed by atoms with van der Waals surface area (Å²) in [6.45, 7) is 7.62. The van der Waals surface area contributed by atoms with Gasteiger partial charge in [-0.15, -0.1) is 0 Å². The van der Waals surface area contributed by atoms with Gasteiger partial charge < -0.3 is 39.5 Å². The number of anilines is 2. The molecule has 3 aromatic carbocycles. The summed E-state index contributed by atoms with van der Waals surface area (Å²) in [4.78, 5) is 50.0. The zero-order chi connectivity index (χ0) is 39.6. The number of nitrogens with two attached hydrogens (primary N) is 1. The van der Waals surface area contributed by atoms with Crippen LogP contribution in [0, 0.1) is 12.7 Å². The third-order valence-electron chi connectivity index (χ3n) is 10.6. The Morgan fingerprint density at radius 1 is 0.947 bits per heavy atom. The van der Waals surface area contributed by atoms with E-state index in [0.29, 0.717) is 54.4 Å². The monoisotopic (exact) mass is 774 g/mol. The van der Waals surface area contributed by atoms with E-state index in [9.17, 15) is 14.4 Å². The quantitative estimate of drug-likeness (QED) is 0.188. The minimum atomic E-state index is -0.749. The lowest BCUT2D eigenvalue weighted by molar-refractivity contribution is -0.0916. The van der Waals surface area contributed by atoms with Gasteiger partial charge >= 0.3 is 0 Å². The van der Waals surface area contributed by atoms with Crippen LogP contribution in [0.2, 0.25) is 0 Å². The number of carbonyl (C=O) groups excluding carboxylic acids is 2. The number of fused-ring (bicyclic) bond motifs is 2. The van der Waals surface area contributed by atoms with E-state index in [1.165, 1.54) is 24.4 Å². The predicted molar refractivity (Wildman–Crippen MR) is 213 cm³/mol. The zero-order valence-electron chi connectivity index (χ0n) is 31.8. The van der Waals surface area contributed by atoms with Crippen LogP contribution in [-0.4, -0.2) is 97.1 Å². The van der Waals surface area contributed by atoms with Crippen LogP contribution in [0.5, 0.6) is 11.5 Å². The van der Waals surface area contributed by atoms with Crippen molar-refractivity contribution >= 4 is 23.3 Å². The highest BCUT2D eigenvalue weighted by Gasteiger charge is 2.38. The molecular weight excluding hydrogens is 732 g/mol. The minimum Gasteiger partial charge on any atom is -0.493 e. The lowest BCUT2D eigenvalue weighted by atomic mass is 9.97. The molecule has 0 spiro atoms. The number of carbonyl (C=O) groups is 2. The number of halogens is 1. The Hall–Kier alpha value is -6.09. The number of morpholine rings is 1. The molecular formula is C43H43FN6O7. The Balaban J connectivity index is 1.04. The molecule has 2 saturated heterocycles. The van der Waals surface area contributed by atoms with Crippen LogP contribution in [0.4, 0.5) is 15.9 Å². The van der Waals surface area contributed by atoms with E-state index >= 15 is 4.39 Å². The van der Waals surface area contributed by atoms with Gasteiger partial charge in [0, 0.05) is 61.0 Å². The van der Waals surface area contributed by atoms with Crippen LogP contribution in [0.15, 0.2) is 83.9 Å². The third-order valence-corrected chi connectivity index (χ3v) is 10.6. The number of methoxy groups -OCH3 is 1. The van der Waals surface area contributed by atoms with Crippen LogP contribution in [0.1, 0.15) is 32.8 Å². The number of aromatic nitrogens is 2. The number of benzene rings is 3. The molecule has 2 aromatic heterocycles. The van der Waals surface area contributed by atoms with Crippen LogP contribution in [0.25, 0.3) is 33.4 Å². The van der Waals surface area contributed by atoms with Gasteiger partial charge in [-0.25, -0.2) is 9.37 Å². The second-order valence-corrected chi connectivity index (χ2v) is 14.3. The first-order chi connectivity index (χ1) is 27.7. The number of hydrogen-bond acceptors (Lipinski definition) is 10. The number of hydrogen-bond donors (Lipinski definition) is 2. The summed E-state index contributed by atoms with van der Waals surface area (Å²) in [5.74, 6) is -0.487. The van der Waals surface area contributed by atoms with E-state index < -0.39 is 23.4 Å². The van der Waals surface area contributed by atoms with Crippen molar-refractivity contribution < 1.29 is 32.9 Å². The molecule has 3 N–H and O–H groups in total. The van der Waals surface area contributed by atoms with Gasteiger partial charge in [-0.3, -0.25) is 19.3 Å². The average molecular weight is 775 g/mol. The molecule has 0 radical (unpaired) electrons. The first kappa shape index (κ1) is 37.8. The van der Waals surface area contributed by atoms with Crippen molar-refractivity contribution in [1.29, 1.82) is 0 Å². The van der Waals surface area contributed by atoms with Crippen molar-refractivity contribution in [2.24, 2.45) is 0 Å². The molecule has 0 saturated carbocycles. The number of nitrogen functional groups attached to an aromatic ring is 1. The lowest BCUT2D eigenvalue weighted by Crippen LogP contribution is -2.53. The molecule has 1 atom stereocenters. The zero-order valence-corrected chi connectivity index (χ0v) is 31.8. The number of aryl methyl sites for hydroxylation is 1. The van der Waals surface area contributed by atoms with Gasteiger partial charge in [0.15, 0.2) is 17.7 Å². The Morgan fingerprint density at radius 2 is 1.74 bits per heavy atom. The van der Waals surface area contributed by atoms with Gasteiger partial charge in [-0.05, 0) is 60.9 Å². The maximum atomic E-state index is 15.9. The van der Waals surface area contributed by atoms with Crippen molar-refractivity contribution in [3.63, 3.8) is 0 Å². The van der Waals surface area contributed by atoms with Gasteiger partial charge in [0.1, 0.15) is 29.5 Å². The van der Waals surface area contributed by atoms with Crippen LogP contribution >= 0.6 is 0 Å². The highest BCUT2D eigenvalue weighted by molar-refractivity contribution is 6.07. The fourth-order valence-electron chi connectivity index (χ4n) is 7.50. The summed E-state index contributed by atoms with van der Waals surface area (Å²) in [5.41, 5.74) is 9.37. The number of ether oxygens (including phenoxy) is 4. The van der Waals surface area contributed by atoms with E-state index in [2.05, 4.69) is 15.2 Å². The molecule has 5 aromatic rings. The second-order valence-electron chi connectivity index (χ2n) is 14.3. The van der Waals surface area contributed by atoms with Crippen molar-refractivity contribution in [2.45, 2.75) is 26.1 Å². The SMILES string of the molecule is COc1cc(-c2cnc(N)c(-c3ccc(NC(=O)c4cn5c(c(-c6ccc(C)cc6)c4=O)C(=O)N4CCCOC4C5)cc3F)c2)ccc1OCCN1CCOCC1. The maximum Gasteiger partial charge on any atom is 0.273 e. The van der Waals surface area contributed by atoms with Crippen molar-refractivity contribution in [1.82, 2.24) is 19.4 Å². The minimum absolute atomic E-state index is 0.116. The Kier molecular flexibility index (Phi) is 10.7. The molecule has 3 aliphatic heterocycles. The van der Waals surface area contributed by atoms with E-state index in [4.69, 9.17) is 24.7 Å². The fourth-order valence-corrected chi connectivity index (χ4v) is 7.50. The highest BCUT2D eigenvalue weighted by atomic mass is 19.1. The number of amides is 2. The summed E-state index contributed by atoms with van der Waals surface area (Å²) in [7, 11) is 1.57. The van der Waals surface area contributed by atoms with E-state index in [0.717, 1.165) is 44.0 Å². The third kappa shape index (κ3) is 7.71. The summed E-state index contributed by atoms with van der Waals surface area (Å²) < 4.78 is 40.5. The molecule has 5 heterocycles. The molecule has 3 aliphatic rings. The largest absolute Gasteiger partial charge is 0.493 e. The molecule has 294 valence electrons. The predicted octanol–water partition coefficient (Wildman–Crippen LogP) is 5.45. The van der Waals surface area contributed by atoms with Crippen molar-refractivity contribution in [3.8, 4) is 44.9 Å². The Bertz CT molecular complexity index is 2400. The molecule has 0 aliphatic carbocycles. The van der Waals surface area contributed by atoms with Gasteiger partial charge in [0.2, 0.25) is 5.43 Å². The van der Waals surface area contributed by atoms with E-state index in [-0.39, 0.29) is 46.3 Å². The molecule has 13 nitrogen and oxygen atoms in total. The smallest absolute Gasteiger partial charge is 0.273 e.